The lowest BCUT2D eigenvalue weighted by Crippen LogP contribution is -2.13. The van der Waals surface area contributed by atoms with Crippen LogP contribution in [0.3, 0.4) is 0 Å². The van der Waals surface area contributed by atoms with Gasteiger partial charge in [-0.15, -0.1) is 0 Å². The average Bonchev–Trinajstić information content (AvgIpc) is 2.18. The number of nitrogens with one attached hydrogen (secondary N) is 1. The molecule has 4 nitrogen and oxygen atoms in total. The van der Waals surface area contributed by atoms with Crippen molar-refractivity contribution in [3.63, 3.8) is 0 Å². The molecule has 0 aromatic heterocycles. The zero-order valence-electron chi connectivity index (χ0n) is 8.33. The number of hydrogen-bond acceptors (Lipinski definition) is 3. The van der Waals surface area contributed by atoms with E-state index in [4.69, 9.17) is 20.6 Å². The summed E-state index contributed by atoms with van der Waals surface area (Å²) >= 11 is 0. The maximum atomic E-state index is 7.37. The SMILES string of the molecule is CCOc1ccc(OC)cc1C(=N)N. The highest BCUT2D eigenvalue weighted by Gasteiger charge is 2.07. The van der Waals surface area contributed by atoms with E-state index < -0.39 is 0 Å². The van der Waals surface area contributed by atoms with E-state index in [0.29, 0.717) is 23.7 Å². The molecule has 1 aromatic carbocycles. The molecule has 0 bridgehead atoms. The van der Waals surface area contributed by atoms with E-state index in [1.807, 2.05) is 6.92 Å². The molecule has 0 heterocycles. The number of nitrogen functional groups attached to an aromatic ring is 1. The first-order valence-electron chi connectivity index (χ1n) is 4.34. The van der Waals surface area contributed by atoms with Gasteiger partial charge in [0, 0.05) is 0 Å². The Morgan fingerprint density at radius 1 is 1.50 bits per heavy atom. The fourth-order valence-electron chi connectivity index (χ4n) is 1.13. The first-order chi connectivity index (χ1) is 6.69. The van der Waals surface area contributed by atoms with Crippen LogP contribution in [-0.4, -0.2) is 19.6 Å². The zero-order chi connectivity index (χ0) is 10.6. The second-order valence-corrected chi connectivity index (χ2v) is 2.71. The van der Waals surface area contributed by atoms with Crippen molar-refractivity contribution in [1.29, 1.82) is 5.41 Å². The lowest BCUT2D eigenvalue weighted by molar-refractivity contribution is 0.338. The second-order valence-electron chi connectivity index (χ2n) is 2.71. The molecular weight excluding hydrogens is 180 g/mol. The summed E-state index contributed by atoms with van der Waals surface area (Å²) in [6.45, 7) is 2.43. The van der Waals surface area contributed by atoms with E-state index in [2.05, 4.69) is 0 Å². The Balaban J connectivity index is 3.10. The molecule has 0 aliphatic heterocycles. The summed E-state index contributed by atoms with van der Waals surface area (Å²) in [4.78, 5) is 0. The van der Waals surface area contributed by atoms with Gasteiger partial charge in [0.05, 0.1) is 19.3 Å². The zero-order valence-corrected chi connectivity index (χ0v) is 8.33. The summed E-state index contributed by atoms with van der Waals surface area (Å²) in [5.41, 5.74) is 5.98. The lowest BCUT2D eigenvalue weighted by atomic mass is 10.1. The summed E-state index contributed by atoms with van der Waals surface area (Å²) in [5.74, 6) is 1.26. The predicted molar refractivity (Wildman–Crippen MR) is 55.2 cm³/mol. The maximum Gasteiger partial charge on any atom is 0.130 e. The highest BCUT2D eigenvalue weighted by molar-refractivity contribution is 5.98. The second kappa shape index (κ2) is 4.50. The third-order valence-corrected chi connectivity index (χ3v) is 1.78. The first-order valence-corrected chi connectivity index (χ1v) is 4.34. The van der Waals surface area contributed by atoms with Gasteiger partial charge in [-0.05, 0) is 25.1 Å². The van der Waals surface area contributed by atoms with Gasteiger partial charge in [0.25, 0.3) is 0 Å². The molecule has 0 radical (unpaired) electrons. The maximum absolute atomic E-state index is 7.37. The van der Waals surface area contributed by atoms with Gasteiger partial charge in [-0.1, -0.05) is 0 Å². The number of amidine groups is 1. The molecule has 0 saturated heterocycles. The van der Waals surface area contributed by atoms with Crippen molar-refractivity contribution in [1.82, 2.24) is 0 Å². The molecule has 1 aromatic rings. The molecule has 0 unspecified atom stereocenters. The molecular formula is C10H14N2O2. The summed E-state index contributed by atoms with van der Waals surface area (Å²) in [7, 11) is 1.57. The summed E-state index contributed by atoms with van der Waals surface area (Å²) < 4.78 is 10.4. The fourth-order valence-corrected chi connectivity index (χ4v) is 1.13. The van der Waals surface area contributed by atoms with E-state index in [1.165, 1.54) is 0 Å². The number of methoxy groups -OCH3 is 1. The molecule has 0 atom stereocenters. The Bertz CT molecular complexity index is 337. The van der Waals surface area contributed by atoms with E-state index in [1.54, 1.807) is 25.3 Å². The van der Waals surface area contributed by atoms with Crippen LogP contribution in [0.25, 0.3) is 0 Å². The van der Waals surface area contributed by atoms with Crippen LogP contribution < -0.4 is 15.2 Å². The molecule has 14 heavy (non-hydrogen) atoms. The van der Waals surface area contributed by atoms with Crippen LogP contribution in [0.15, 0.2) is 18.2 Å². The summed E-state index contributed by atoms with van der Waals surface area (Å²) in [5, 5.41) is 7.37. The van der Waals surface area contributed by atoms with Gasteiger partial charge in [-0.3, -0.25) is 5.41 Å². The quantitative estimate of drug-likeness (QED) is 0.562. The minimum absolute atomic E-state index is 0.0210. The van der Waals surface area contributed by atoms with Gasteiger partial charge in [0.15, 0.2) is 0 Å². The fraction of sp³-hybridized carbons (Fsp3) is 0.300. The largest absolute Gasteiger partial charge is 0.497 e. The van der Waals surface area contributed by atoms with Gasteiger partial charge in [-0.2, -0.15) is 0 Å². The van der Waals surface area contributed by atoms with Crippen molar-refractivity contribution in [3.05, 3.63) is 23.8 Å². The molecule has 0 saturated carbocycles. The molecule has 0 fully saturated rings. The predicted octanol–water partition coefficient (Wildman–Crippen LogP) is 1.38. The number of benzene rings is 1. The normalized spacial score (nSPS) is 9.57. The smallest absolute Gasteiger partial charge is 0.130 e. The monoisotopic (exact) mass is 194 g/mol. The highest BCUT2D eigenvalue weighted by atomic mass is 16.5. The van der Waals surface area contributed by atoms with Gasteiger partial charge in [-0.25, -0.2) is 0 Å². The van der Waals surface area contributed by atoms with Crippen LogP contribution in [0.4, 0.5) is 0 Å². The van der Waals surface area contributed by atoms with Crippen molar-refractivity contribution in [2.75, 3.05) is 13.7 Å². The molecule has 0 spiro atoms. The van der Waals surface area contributed by atoms with E-state index in [-0.39, 0.29) is 5.84 Å². The van der Waals surface area contributed by atoms with Crippen LogP contribution in [0.1, 0.15) is 12.5 Å². The first kappa shape index (κ1) is 10.4. The van der Waals surface area contributed by atoms with Crippen molar-refractivity contribution in [2.45, 2.75) is 6.92 Å². The molecule has 0 amide bonds. The Morgan fingerprint density at radius 2 is 2.21 bits per heavy atom. The van der Waals surface area contributed by atoms with Crippen molar-refractivity contribution in [3.8, 4) is 11.5 Å². The Labute approximate surface area is 83.1 Å². The Kier molecular flexibility index (Phi) is 3.34. The molecule has 1 rings (SSSR count). The highest BCUT2D eigenvalue weighted by Crippen LogP contribution is 2.23. The summed E-state index contributed by atoms with van der Waals surface area (Å²) in [6, 6.07) is 5.21. The minimum atomic E-state index is -0.0210. The van der Waals surface area contributed by atoms with E-state index in [9.17, 15) is 0 Å². The molecule has 0 aliphatic carbocycles. The molecule has 76 valence electrons. The number of rotatable bonds is 4. The Hall–Kier alpha value is -1.71. The number of ether oxygens (including phenoxy) is 2. The number of hydrogen-bond donors (Lipinski definition) is 2. The average molecular weight is 194 g/mol. The van der Waals surface area contributed by atoms with Gasteiger partial charge in [0.2, 0.25) is 0 Å². The van der Waals surface area contributed by atoms with E-state index in [0.717, 1.165) is 0 Å². The van der Waals surface area contributed by atoms with Crippen molar-refractivity contribution in [2.24, 2.45) is 5.73 Å². The van der Waals surface area contributed by atoms with Gasteiger partial charge < -0.3 is 15.2 Å². The van der Waals surface area contributed by atoms with Gasteiger partial charge in [0.1, 0.15) is 17.3 Å². The van der Waals surface area contributed by atoms with Crippen LogP contribution in [0, 0.1) is 5.41 Å². The molecule has 4 heteroatoms. The summed E-state index contributed by atoms with van der Waals surface area (Å²) in [6.07, 6.45) is 0. The third-order valence-electron chi connectivity index (χ3n) is 1.78. The van der Waals surface area contributed by atoms with Crippen molar-refractivity contribution >= 4 is 5.84 Å². The molecule has 3 N–H and O–H groups in total. The van der Waals surface area contributed by atoms with Gasteiger partial charge >= 0.3 is 0 Å². The van der Waals surface area contributed by atoms with E-state index >= 15 is 0 Å². The standard InChI is InChI=1S/C10H14N2O2/c1-3-14-9-5-4-7(13-2)6-8(9)10(11)12/h4-6H,3H2,1-2H3,(H3,11,12). The minimum Gasteiger partial charge on any atom is -0.497 e. The Morgan fingerprint density at radius 3 is 2.71 bits per heavy atom. The number of nitrogens with two attached hydrogens (primary N) is 1. The van der Waals surface area contributed by atoms with Crippen LogP contribution in [-0.2, 0) is 0 Å². The van der Waals surface area contributed by atoms with Crippen LogP contribution >= 0.6 is 0 Å². The third kappa shape index (κ3) is 2.16. The van der Waals surface area contributed by atoms with Crippen molar-refractivity contribution < 1.29 is 9.47 Å². The topological polar surface area (TPSA) is 68.3 Å². The van der Waals surface area contributed by atoms with Crippen LogP contribution in [0.2, 0.25) is 0 Å². The van der Waals surface area contributed by atoms with Crippen LogP contribution in [0.5, 0.6) is 11.5 Å². The lowest BCUT2D eigenvalue weighted by Gasteiger charge is -2.10. The molecule has 0 aliphatic rings.